The molecule has 1 rings (SSSR count). The fourth-order valence-electron chi connectivity index (χ4n) is 1.87. The molecule has 20 heavy (non-hydrogen) atoms. The summed E-state index contributed by atoms with van der Waals surface area (Å²) in [6.07, 6.45) is 0. The molecule has 0 heterocycles. The van der Waals surface area contributed by atoms with Crippen LogP contribution >= 0.6 is 11.6 Å². The maximum atomic E-state index is 11.9. The number of amides is 1. The van der Waals surface area contributed by atoms with Crippen LogP contribution in [0.2, 0.25) is 5.02 Å². The minimum Gasteiger partial charge on any atom is -0.465 e. The fourth-order valence-corrected chi connectivity index (χ4v) is 2.20. The van der Waals surface area contributed by atoms with Crippen molar-refractivity contribution in [1.29, 1.82) is 0 Å². The van der Waals surface area contributed by atoms with Crippen LogP contribution in [0.15, 0.2) is 12.1 Å². The van der Waals surface area contributed by atoms with E-state index in [0.29, 0.717) is 11.4 Å². The largest absolute Gasteiger partial charge is 0.465 e. The van der Waals surface area contributed by atoms with Gasteiger partial charge in [-0.2, -0.15) is 0 Å². The summed E-state index contributed by atoms with van der Waals surface area (Å²) >= 11 is 6.18. The van der Waals surface area contributed by atoms with Crippen LogP contribution < -0.4 is 16.4 Å². The van der Waals surface area contributed by atoms with E-state index in [2.05, 4.69) is 0 Å². The third-order valence-electron chi connectivity index (χ3n) is 2.73. The summed E-state index contributed by atoms with van der Waals surface area (Å²) in [7, 11) is 1.26. The number of nitrogen functional groups attached to an aromatic ring is 1. The highest BCUT2D eigenvalue weighted by Crippen LogP contribution is 2.34. The second kappa shape index (κ2) is 6.47. The number of hydrogen-bond donors (Lipinski definition) is 2. The van der Waals surface area contributed by atoms with Crippen molar-refractivity contribution in [2.75, 3.05) is 24.3 Å². The summed E-state index contributed by atoms with van der Waals surface area (Å²) < 4.78 is 4.73. The molecule has 0 spiro atoms. The highest BCUT2D eigenvalue weighted by molar-refractivity contribution is 6.34. The van der Waals surface area contributed by atoms with Crippen molar-refractivity contribution in [1.82, 2.24) is 0 Å². The Balaban J connectivity index is 3.46. The molecule has 0 fully saturated rings. The van der Waals surface area contributed by atoms with Crippen molar-refractivity contribution in [3.8, 4) is 0 Å². The van der Waals surface area contributed by atoms with Gasteiger partial charge in [-0.3, -0.25) is 4.79 Å². The van der Waals surface area contributed by atoms with Gasteiger partial charge >= 0.3 is 5.97 Å². The third kappa shape index (κ3) is 3.54. The number of nitrogens with zero attached hydrogens (tertiary/aromatic N) is 1. The molecule has 0 aromatic heterocycles. The predicted octanol–water partition coefficient (Wildman–Crippen LogP) is 1.41. The van der Waals surface area contributed by atoms with Gasteiger partial charge in [-0.05, 0) is 26.0 Å². The molecule has 0 saturated heterocycles. The Hall–Kier alpha value is -1.95. The first-order chi connectivity index (χ1) is 9.27. The van der Waals surface area contributed by atoms with Crippen molar-refractivity contribution in [2.24, 2.45) is 5.73 Å². The lowest BCUT2D eigenvalue weighted by Crippen LogP contribution is -2.39. The average Bonchev–Trinajstić information content (AvgIpc) is 2.34. The van der Waals surface area contributed by atoms with Crippen molar-refractivity contribution >= 4 is 34.9 Å². The number of nitrogens with two attached hydrogens (primary N) is 2. The van der Waals surface area contributed by atoms with Crippen LogP contribution in [-0.4, -0.2) is 31.6 Å². The number of esters is 1. The van der Waals surface area contributed by atoms with E-state index in [0.717, 1.165) is 0 Å². The minimum atomic E-state index is -0.579. The first kappa shape index (κ1) is 16.1. The van der Waals surface area contributed by atoms with E-state index >= 15 is 0 Å². The molecule has 6 nitrogen and oxygen atoms in total. The average molecular weight is 300 g/mol. The predicted molar refractivity (Wildman–Crippen MR) is 78.9 cm³/mol. The van der Waals surface area contributed by atoms with Crippen LogP contribution in [0.1, 0.15) is 24.2 Å². The van der Waals surface area contributed by atoms with Crippen molar-refractivity contribution < 1.29 is 14.3 Å². The van der Waals surface area contributed by atoms with Crippen LogP contribution in [0, 0.1) is 0 Å². The second-order valence-corrected chi connectivity index (χ2v) is 4.99. The quantitative estimate of drug-likeness (QED) is 0.632. The highest BCUT2D eigenvalue weighted by atomic mass is 35.5. The van der Waals surface area contributed by atoms with Gasteiger partial charge in [0.05, 0.1) is 29.9 Å². The SMILES string of the molecule is COC(=O)c1cc(N)cc(Cl)c1N(CC(N)=O)C(C)C. The standard InChI is InChI=1S/C13H18ClN3O3/c1-7(2)17(6-11(16)18)12-9(13(19)20-3)4-8(15)5-10(12)14/h4-5,7H,6,15H2,1-3H3,(H2,16,18). The summed E-state index contributed by atoms with van der Waals surface area (Å²) in [4.78, 5) is 24.7. The summed E-state index contributed by atoms with van der Waals surface area (Å²) in [5.74, 6) is -1.10. The lowest BCUT2D eigenvalue weighted by Gasteiger charge is -2.30. The molecular weight excluding hydrogens is 282 g/mol. The molecule has 0 radical (unpaired) electrons. The molecule has 0 aliphatic carbocycles. The number of carbonyl (C=O) groups excluding carboxylic acids is 2. The zero-order valence-electron chi connectivity index (χ0n) is 11.6. The maximum Gasteiger partial charge on any atom is 0.340 e. The van der Waals surface area contributed by atoms with E-state index in [1.165, 1.54) is 19.2 Å². The number of hydrogen-bond acceptors (Lipinski definition) is 5. The van der Waals surface area contributed by atoms with E-state index < -0.39 is 11.9 Å². The van der Waals surface area contributed by atoms with Gasteiger partial charge in [0, 0.05) is 11.7 Å². The lowest BCUT2D eigenvalue weighted by atomic mass is 10.1. The molecule has 0 bridgehead atoms. The number of ether oxygens (including phenoxy) is 1. The third-order valence-corrected chi connectivity index (χ3v) is 3.02. The summed E-state index contributed by atoms with van der Waals surface area (Å²) in [6, 6.07) is 2.88. The zero-order valence-corrected chi connectivity index (χ0v) is 12.4. The first-order valence-corrected chi connectivity index (χ1v) is 6.38. The molecule has 1 aromatic rings. The van der Waals surface area contributed by atoms with Crippen molar-refractivity contribution in [3.05, 3.63) is 22.7 Å². The normalized spacial score (nSPS) is 10.4. The van der Waals surface area contributed by atoms with E-state index in [9.17, 15) is 9.59 Å². The van der Waals surface area contributed by atoms with Crippen LogP contribution in [-0.2, 0) is 9.53 Å². The van der Waals surface area contributed by atoms with Gasteiger partial charge in [0.1, 0.15) is 0 Å². The zero-order chi connectivity index (χ0) is 15.4. The molecule has 1 aromatic carbocycles. The topological polar surface area (TPSA) is 98.7 Å². The summed E-state index contributed by atoms with van der Waals surface area (Å²) in [5.41, 5.74) is 11.9. The summed E-state index contributed by atoms with van der Waals surface area (Å²) in [5, 5.41) is 0.264. The number of carbonyl (C=O) groups is 2. The molecule has 1 amide bonds. The van der Waals surface area contributed by atoms with Crippen LogP contribution in [0.3, 0.4) is 0 Å². The molecule has 110 valence electrons. The van der Waals surface area contributed by atoms with Crippen LogP contribution in [0.4, 0.5) is 11.4 Å². The highest BCUT2D eigenvalue weighted by Gasteiger charge is 2.24. The number of halogens is 1. The molecular formula is C13H18ClN3O3. The van der Waals surface area contributed by atoms with Gasteiger partial charge in [-0.25, -0.2) is 4.79 Å². The number of rotatable bonds is 5. The molecule has 0 aliphatic heterocycles. The van der Waals surface area contributed by atoms with Gasteiger partial charge < -0.3 is 21.1 Å². The Morgan fingerprint density at radius 3 is 2.45 bits per heavy atom. The van der Waals surface area contributed by atoms with Crippen LogP contribution in [0.25, 0.3) is 0 Å². The minimum absolute atomic E-state index is 0.0642. The second-order valence-electron chi connectivity index (χ2n) is 4.58. The maximum absolute atomic E-state index is 11.9. The van der Waals surface area contributed by atoms with Gasteiger partial charge in [0.15, 0.2) is 0 Å². The number of methoxy groups -OCH3 is 1. The Labute approximate surface area is 122 Å². The Bertz CT molecular complexity index is 532. The lowest BCUT2D eigenvalue weighted by molar-refractivity contribution is -0.116. The van der Waals surface area contributed by atoms with Gasteiger partial charge in [0.2, 0.25) is 5.91 Å². The number of anilines is 2. The smallest absolute Gasteiger partial charge is 0.340 e. The van der Waals surface area contributed by atoms with Crippen LogP contribution in [0.5, 0.6) is 0 Å². The molecule has 4 N–H and O–H groups in total. The Morgan fingerprint density at radius 2 is 2.00 bits per heavy atom. The monoisotopic (exact) mass is 299 g/mol. The van der Waals surface area contributed by atoms with E-state index in [-0.39, 0.29) is 23.2 Å². The molecule has 7 heteroatoms. The molecule has 0 atom stereocenters. The fraction of sp³-hybridized carbons (Fsp3) is 0.385. The van der Waals surface area contributed by atoms with Gasteiger partial charge in [-0.1, -0.05) is 11.6 Å². The first-order valence-electron chi connectivity index (χ1n) is 6.00. The van der Waals surface area contributed by atoms with Gasteiger partial charge in [-0.15, -0.1) is 0 Å². The van der Waals surface area contributed by atoms with E-state index in [1.54, 1.807) is 4.90 Å². The Kier molecular flexibility index (Phi) is 5.21. The van der Waals surface area contributed by atoms with E-state index in [4.69, 9.17) is 27.8 Å². The van der Waals surface area contributed by atoms with Gasteiger partial charge in [0.25, 0.3) is 0 Å². The van der Waals surface area contributed by atoms with Crippen molar-refractivity contribution in [3.63, 3.8) is 0 Å². The van der Waals surface area contributed by atoms with Crippen molar-refractivity contribution in [2.45, 2.75) is 19.9 Å². The Morgan fingerprint density at radius 1 is 1.40 bits per heavy atom. The molecule has 0 aliphatic rings. The molecule has 0 unspecified atom stereocenters. The number of primary amides is 1. The molecule has 0 saturated carbocycles. The number of benzene rings is 1. The summed E-state index contributed by atoms with van der Waals surface area (Å²) in [6.45, 7) is 3.65. The van der Waals surface area contributed by atoms with E-state index in [1.807, 2.05) is 13.8 Å².